The predicted octanol–water partition coefficient (Wildman–Crippen LogP) is -1.65. The number of nitrogens with two attached hydrogens (primary N) is 1. The average molecular weight is 484 g/mol. The van der Waals surface area contributed by atoms with E-state index in [0.717, 1.165) is 0 Å². The van der Waals surface area contributed by atoms with Crippen LogP contribution in [0, 0.1) is 4.91 Å². The van der Waals surface area contributed by atoms with Crippen molar-refractivity contribution in [2.24, 2.45) is 4.58 Å². The number of carbonyl (C=O) groups is 2. The van der Waals surface area contributed by atoms with Crippen LogP contribution in [0.5, 0.6) is 0 Å². The van der Waals surface area contributed by atoms with Crippen molar-refractivity contribution in [3.63, 3.8) is 0 Å². The van der Waals surface area contributed by atoms with Crippen LogP contribution in [0.15, 0.2) is 17.2 Å². The average Bonchev–Trinajstić information content (AvgIpc) is 3.29. The number of hydrogen-bond acceptors (Lipinski definition) is 13. The molecule has 0 bridgehead atoms. The SMILES string of the molecule is CC(=O)N[C@@H](C(=O)NNC[C@H]1O[C@@H](n2cnc3c(N)ncnc32)[C@H](O)[C@@H]1O)C(C)(C)SN=O. The number of nitrogens with zero attached hydrogens (tertiary/aromatic N) is 5. The van der Waals surface area contributed by atoms with Crippen LogP contribution in [0.25, 0.3) is 11.2 Å². The topological polar surface area (TPSA) is 219 Å². The minimum absolute atomic E-state index is 0.0868. The summed E-state index contributed by atoms with van der Waals surface area (Å²) in [5.41, 5.74) is 11.5. The number of anilines is 1. The van der Waals surface area contributed by atoms with Crippen LogP contribution in [-0.2, 0) is 14.3 Å². The lowest BCUT2D eigenvalue weighted by Gasteiger charge is -2.30. The zero-order valence-corrected chi connectivity index (χ0v) is 18.8. The Morgan fingerprint density at radius 3 is 2.73 bits per heavy atom. The Kier molecular flexibility index (Phi) is 7.43. The molecule has 0 saturated carbocycles. The van der Waals surface area contributed by atoms with Crippen LogP contribution in [0.2, 0.25) is 0 Å². The first-order chi connectivity index (χ1) is 15.6. The fourth-order valence-electron chi connectivity index (χ4n) is 3.40. The third-order valence-electron chi connectivity index (χ3n) is 5.09. The van der Waals surface area contributed by atoms with Crippen LogP contribution in [0.3, 0.4) is 0 Å². The Hall–Kier alpha value is -2.92. The number of hydrazine groups is 1. The molecule has 0 unspecified atom stereocenters. The zero-order chi connectivity index (χ0) is 24.3. The van der Waals surface area contributed by atoms with E-state index in [1.807, 2.05) is 0 Å². The van der Waals surface area contributed by atoms with Crippen LogP contribution >= 0.6 is 11.9 Å². The number of aliphatic hydroxyl groups excluding tert-OH is 2. The maximum absolute atomic E-state index is 12.6. The molecule has 2 aromatic heterocycles. The molecule has 180 valence electrons. The molecule has 1 fully saturated rings. The number of carbonyl (C=O) groups excluding carboxylic acids is 2. The standard InChI is InChI=1S/C17H25N9O6S/c1-7(27)23-12(17(2,3)33-25-31)15(30)24-22-4-8-10(28)11(29)16(32-8)26-6-21-9-13(18)19-5-20-14(9)26/h5-6,8,10-12,16,22,28-29H,4H2,1-3H3,(H,23,27)(H,24,30)(H2,18,19,20)/t8-,10-,11-,12+,16-/m1/s1. The molecule has 5 atom stereocenters. The number of fused-ring (bicyclic) bond motifs is 1. The predicted molar refractivity (Wildman–Crippen MR) is 117 cm³/mol. The minimum Gasteiger partial charge on any atom is -0.387 e. The first-order valence-corrected chi connectivity index (χ1v) is 10.6. The number of amides is 2. The third kappa shape index (κ3) is 5.19. The van der Waals surface area contributed by atoms with Gasteiger partial charge in [0, 0.05) is 30.0 Å². The number of imidazole rings is 1. The first kappa shape index (κ1) is 24.7. The van der Waals surface area contributed by atoms with E-state index >= 15 is 0 Å². The number of aliphatic hydroxyl groups is 2. The number of nitrogens with one attached hydrogen (secondary N) is 3. The van der Waals surface area contributed by atoms with E-state index in [1.165, 1.54) is 24.1 Å². The molecule has 0 radical (unpaired) electrons. The molecule has 3 heterocycles. The highest BCUT2D eigenvalue weighted by Gasteiger charge is 2.44. The summed E-state index contributed by atoms with van der Waals surface area (Å²) in [7, 11) is 0. The van der Waals surface area contributed by atoms with Crippen molar-refractivity contribution in [2.45, 2.75) is 56.1 Å². The van der Waals surface area contributed by atoms with E-state index in [1.54, 1.807) is 13.8 Å². The lowest BCUT2D eigenvalue weighted by molar-refractivity contribution is -0.129. The molecule has 1 aliphatic heterocycles. The largest absolute Gasteiger partial charge is 0.387 e. The fraction of sp³-hybridized carbons (Fsp3) is 0.588. The van der Waals surface area contributed by atoms with Crippen molar-refractivity contribution in [3.05, 3.63) is 17.6 Å². The van der Waals surface area contributed by atoms with Gasteiger partial charge in [0.1, 0.15) is 36.2 Å². The van der Waals surface area contributed by atoms with E-state index in [9.17, 15) is 24.7 Å². The second-order valence-corrected chi connectivity index (χ2v) is 9.29. The lowest BCUT2D eigenvalue weighted by Crippen LogP contribution is -2.59. The second kappa shape index (κ2) is 9.92. The van der Waals surface area contributed by atoms with Crippen molar-refractivity contribution in [1.82, 2.24) is 35.7 Å². The van der Waals surface area contributed by atoms with E-state index in [-0.39, 0.29) is 12.4 Å². The molecular formula is C17H25N9O6S. The van der Waals surface area contributed by atoms with Crippen LogP contribution in [0.1, 0.15) is 27.0 Å². The van der Waals surface area contributed by atoms with Crippen molar-refractivity contribution in [1.29, 1.82) is 0 Å². The molecule has 0 spiro atoms. The monoisotopic (exact) mass is 483 g/mol. The van der Waals surface area contributed by atoms with Gasteiger partial charge in [-0.05, 0) is 13.8 Å². The maximum Gasteiger partial charge on any atom is 0.258 e. The van der Waals surface area contributed by atoms with Gasteiger partial charge in [0.25, 0.3) is 5.91 Å². The van der Waals surface area contributed by atoms with Crippen molar-refractivity contribution in [2.75, 3.05) is 12.3 Å². The summed E-state index contributed by atoms with van der Waals surface area (Å²) in [6.07, 6.45) is -1.93. The first-order valence-electron chi connectivity index (χ1n) is 9.82. The number of aromatic nitrogens is 4. The molecule has 16 heteroatoms. The molecule has 15 nitrogen and oxygen atoms in total. The van der Waals surface area contributed by atoms with Gasteiger partial charge in [0.05, 0.1) is 11.1 Å². The van der Waals surface area contributed by atoms with Gasteiger partial charge >= 0.3 is 0 Å². The highest BCUT2D eigenvalue weighted by molar-refractivity contribution is 7.99. The number of ether oxygens (including phenoxy) is 1. The van der Waals surface area contributed by atoms with Gasteiger partial charge in [-0.15, -0.1) is 4.91 Å². The Balaban J connectivity index is 1.64. The highest BCUT2D eigenvalue weighted by atomic mass is 32.2. The summed E-state index contributed by atoms with van der Waals surface area (Å²) in [4.78, 5) is 46.9. The smallest absolute Gasteiger partial charge is 0.258 e. The van der Waals surface area contributed by atoms with Crippen LogP contribution in [-0.4, -0.2) is 77.2 Å². The van der Waals surface area contributed by atoms with Gasteiger partial charge < -0.3 is 26.0 Å². The van der Waals surface area contributed by atoms with Crippen LogP contribution < -0.4 is 21.9 Å². The van der Waals surface area contributed by atoms with Gasteiger partial charge in [-0.1, -0.05) is 0 Å². The van der Waals surface area contributed by atoms with Crippen molar-refractivity contribution in [3.8, 4) is 0 Å². The van der Waals surface area contributed by atoms with Crippen LogP contribution in [0.4, 0.5) is 5.82 Å². The summed E-state index contributed by atoms with van der Waals surface area (Å²) in [6.45, 7) is 4.31. The van der Waals surface area contributed by atoms with Gasteiger partial charge in [-0.25, -0.2) is 20.4 Å². The Labute approximate surface area is 192 Å². The molecule has 3 rings (SSSR count). The number of hydrogen-bond donors (Lipinski definition) is 6. The van der Waals surface area contributed by atoms with E-state index < -0.39 is 47.1 Å². The molecule has 2 amide bonds. The zero-order valence-electron chi connectivity index (χ0n) is 18.0. The molecule has 7 N–H and O–H groups in total. The van der Waals surface area contributed by atoms with Gasteiger partial charge in [-0.3, -0.25) is 19.6 Å². The minimum atomic E-state index is -1.32. The maximum atomic E-state index is 12.6. The van der Waals surface area contributed by atoms with Crippen molar-refractivity contribution >= 4 is 40.7 Å². The number of rotatable bonds is 9. The Morgan fingerprint density at radius 2 is 2.06 bits per heavy atom. The second-order valence-electron chi connectivity index (χ2n) is 7.90. The molecule has 2 aromatic rings. The molecule has 1 saturated heterocycles. The summed E-state index contributed by atoms with van der Waals surface area (Å²) < 4.78 is 8.92. The Morgan fingerprint density at radius 1 is 1.33 bits per heavy atom. The molecule has 0 aliphatic carbocycles. The number of nitrogen functional groups attached to an aromatic ring is 1. The van der Waals surface area contributed by atoms with E-state index in [4.69, 9.17) is 10.5 Å². The molecule has 0 aromatic carbocycles. The summed E-state index contributed by atoms with van der Waals surface area (Å²) >= 11 is 0.612. The van der Waals surface area contributed by atoms with E-state index in [2.05, 4.69) is 35.7 Å². The van der Waals surface area contributed by atoms with Gasteiger partial charge in [-0.2, -0.15) is 0 Å². The molecule has 1 aliphatic rings. The highest BCUT2D eigenvalue weighted by Crippen LogP contribution is 2.32. The molecular weight excluding hydrogens is 458 g/mol. The summed E-state index contributed by atoms with van der Waals surface area (Å²) in [6, 6.07) is -1.08. The summed E-state index contributed by atoms with van der Waals surface area (Å²) in [5.74, 6) is -0.941. The summed E-state index contributed by atoms with van der Waals surface area (Å²) in [5, 5.41) is 23.4. The number of nitroso groups, excluding NO2 is 1. The third-order valence-corrected chi connectivity index (χ3v) is 5.87. The van der Waals surface area contributed by atoms with E-state index in [0.29, 0.717) is 23.1 Å². The lowest BCUT2D eigenvalue weighted by atomic mass is 10.0. The Bertz CT molecular complexity index is 1030. The van der Waals surface area contributed by atoms with Gasteiger partial charge in [0.2, 0.25) is 5.91 Å². The fourth-order valence-corrected chi connectivity index (χ4v) is 3.87. The quantitative estimate of drug-likeness (QED) is 0.134. The van der Waals surface area contributed by atoms with Crippen molar-refractivity contribution < 1.29 is 24.5 Å². The normalized spacial score (nSPS) is 23.9. The van der Waals surface area contributed by atoms with Gasteiger partial charge in [0.15, 0.2) is 17.7 Å². The molecule has 33 heavy (non-hydrogen) atoms.